The van der Waals surface area contributed by atoms with E-state index in [2.05, 4.69) is 37.6 Å². The summed E-state index contributed by atoms with van der Waals surface area (Å²) >= 11 is 0. The molecule has 7 heteroatoms. The predicted octanol–water partition coefficient (Wildman–Crippen LogP) is 2.70. The van der Waals surface area contributed by atoms with Crippen molar-refractivity contribution in [2.75, 3.05) is 47.4 Å². The molecule has 0 saturated carbocycles. The summed E-state index contributed by atoms with van der Waals surface area (Å²) in [4.78, 5) is 21.2. The number of nitrogens with zero attached hydrogens (tertiary/aromatic N) is 3. The highest BCUT2D eigenvalue weighted by molar-refractivity contribution is 5.74. The third kappa shape index (κ3) is 6.94. The van der Waals surface area contributed by atoms with Gasteiger partial charge in [-0.3, -0.25) is 4.98 Å². The Kier molecular flexibility index (Phi) is 8.67. The van der Waals surface area contributed by atoms with Crippen LogP contribution in [-0.4, -0.2) is 74.2 Å². The van der Waals surface area contributed by atoms with Crippen molar-refractivity contribution >= 4 is 6.03 Å². The minimum absolute atomic E-state index is 0.0388. The Morgan fingerprint density at radius 2 is 1.90 bits per heavy atom. The summed E-state index contributed by atoms with van der Waals surface area (Å²) in [5, 5.41) is 6.21. The fraction of sp³-hybridized carbons (Fsp3) is 0.500. The predicted molar refractivity (Wildman–Crippen MR) is 123 cm³/mol. The number of nitrogens with one attached hydrogen (secondary N) is 2. The Morgan fingerprint density at radius 1 is 1.19 bits per heavy atom. The molecule has 3 rings (SSSR count). The van der Waals surface area contributed by atoms with Crippen molar-refractivity contribution in [2.24, 2.45) is 0 Å². The zero-order chi connectivity index (χ0) is 22.1. The summed E-state index contributed by atoms with van der Waals surface area (Å²) in [7, 11) is 5.70. The number of para-hydroxylation sites is 1. The molecule has 7 nitrogen and oxygen atoms in total. The average molecular weight is 426 g/mol. The van der Waals surface area contributed by atoms with Crippen molar-refractivity contribution < 1.29 is 9.53 Å². The van der Waals surface area contributed by atoms with Gasteiger partial charge in [-0.2, -0.15) is 0 Å². The molecule has 2 N–H and O–H groups in total. The first-order chi connectivity index (χ1) is 15.1. The van der Waals surface area contributed by atoms with Gasteiger partial charge < -0.3 is 25.2 Å². The highest BCUT2D eigenvalue weighted by Gasteiger charge is 2.22. The van der Waals surface area contributed by atoms with Crippen molar-refractivity contribution in [2.45, 2.75) is 31.3 Å². The maximum absolute atomic E-state index is 12.5. The first-order valence-electron chi connectivity index (χ1n) is 11.0. The van der Waals surface area contributed by atoms with Crippen molar-refractivity contribution in [3.63, 3.8) is 0 Å². The molecule has 1 saturated heterocycles. The zero-order valence-electron chi connectivity index (χ0n) is 18.9. The SMILES string of the molecule is COc1ccccc1C(CNC(=O)NC1CCN(CCc2ccncc2)CC1)N(C)C. The third-order valence-electron chi connectivity index (χ3n) is 5.97. The third-order valence-corrected chi connectivity index (χ3v) is 5.97. The molecule has 2 aromatic rings. The molecule has 1 aromatic carbocycles. The summed E-state index contributed by atoms with van der Waals surface area (Å²) in [6.45, 7) is 3.59. The molecular formula is C24H35N5O2. The van der Waals surface area contributed by atoms with Crippen LogP contribution in [0.1, 0.15) is 30.0 Å². The van der Waals surface area contributed by atoms with E-state index in [0.717, 1.165) is 50.2 Å². The molecule has 0 radical (unpaired) electrons. The second-order valence-corrected chi connectivity index (χ2v) is 8.30. The Morgan fingerprint density at radius 3 is 2.58 bits per heavy atom. The summed E-state index contributed by atoms with van der Waals surface area (Å²) in [5.74, 6) is 0.836. The van der Waals surface area contributed by atoms with Crippen LogP contribution in [0.3, 0.4) is 0 Å². The van der Waals surface area contributed by atoms with Crippen LogP contribution < -0.4 is 15.4 Å². The number of benzene rings is 1. The van der Waals surface area contributed by atoms with E-state index in [1.165, 1.54) is 5.56 Å². The van der Waals surface area contributed by atoms with Gasteiger partial charge in [0.25, 0.3) is 0 Å². The van der Waals surface area contributed by atoms with E-state index in [0.29, 0.717) is 6.54 Å². The molecule has 0 aliphatic carbocycles. The molecule has 168 valence electrons. The molecule has 31 heavy (non-hydrogen) atoms. The van der Waals surface area contributed by atoms with Gasteiger partial charge in [-0.1, -0.05) is 18.2 Å². The van der Waals surface area contributed by atoms with Crippen LogP contribution in [0.25, 0.3) is 0 Å². The Labute approximate surface area is 185 Å². The maximum atomic E-state index is 12.5. The molecule has 1 aliphatic rings. The second kappa shape index (κ2) is 11.7. The molecule has 1 aliphatic heterocycles. The molecular weight excluding hydrogens is 390 g/mol. The van der Waals surface area contributed by atoms with Gasteiger partial charge in [-0.15, -0.1) is 0 Å². The van der Waals surface area contributed by atoms with Crippen LogP contribution in [0.4, 0.5) is 4.79 Å². The number of likely N-dealkylation sites (N-methyl/N-ethyl adjacent to an activating group) is 1. The van der Waals surface area contributed by atoms with Gasteiger partial charge in [-0.05, 0) is 57.1 Å². The lowest BCUT2D eigenvalue weighted by Gasteiger charge is -2.32. The first-order valence-corrected chi connectivity index (χ1v) is 11.0. The fourth-order valence-electron chi connectivity index (χ4n) is 4.08. The number of piperidine rings is 1. The van der Waals surface area contributed by atoms with Crippen molar-refractivity contribution in [3.05, 3.63) is 59.9 Å². The van der Waals surface area contributed by atoms with E-state index in [9.17, 15) is 4.79 Å². The van der Waals surface area contributed by atoms with Gasteiger partial charge in [0.1, 0.15) is 5.75 Å². The van der Waals surface area contributed by atoms with E-state index in [4.69, 9.17) is 4.74 Å². The summed E-state index contributed by atoms with van der Waals surface area (Å²) in [5.41, 5.74) is 2.39. The van der Waals surface area contributed by atoms with E-state index in [1.54, 1.807) is 7.11 Å². The van der Waals surface area contributed by atoms with Crippen molar-refractivity contribution in [1.29, 1.82) is 0 Å². The highest BCUT2D eigenvalue weighted by atomic mass is 16.5. The number of aromatic nitrogens is 1. The molecule has 1 atom stereocenters. The topological polar surface area (TPSA) is 69.7 Å². The van der Waals surface area contributed by atoms with E-state index >= 15 is 0 Å². The first kappa shape index (κ1) is 23.0. The van der Waals surface area contributed by atoms with Gasteiger partial charge >= 0.3 is 6.03 Å². The van der Waals surface area contributed by atoms with Crippen molar-refractivity contribution in [1.82, 2.24) is 25.4 Å². The molecule has 0 bridgehead atoms. The minimum Gasteiger partial charge on any atom is -0.496 e. The quantitative estimate of drug-likeness (QED) is 0.647. The number of urea groups is 1. The maximum Gasteiger partial charge on any atom is 0.315 e. The normalized spacial score (nSPS) is 16.1. The van der Waals surface area contributed by atoms with Gasteiger partial charge in [0.05, 0.1) is 13.2 Å². The van der Waals surface area contributed by atoms with E-state index in [1.807, 2.05) is 50.8 Å². The minimum atomic E-state index is -0.100. The Hall–Kier alpha value is -2.64. The fourth-order valence-corrected chi connectivity index (χ4v) is 4.08. The molecule has 0 spiro atoms. The number of carbonyl (C=O) groups excluding carboxylic acids is 1. The summed E-state index contributed by atoms with van der Waals surface area (Å²) in [6, 6.07) is 12.3. The van der Waals surface area contributed by atoms with Crippen LogP contribution in [0.5, 0.6) is 5.75 Å². The lowest BCUT2D eigenvalue weighted by atomic mass is 10.0. The van der Waals surface area contributed by atoms with Gasteiger partial charge in [-0.25, -0.2) is 4.79 Å². The van der Waals surface area contributed by atoms with Gasteiger partial charge in [0.15, 0.2) is 0 Å². The second-order valence-electron chi connectivity index (χ2n) is 8.30. The summed E-state index contributed by atoms with van der Waals surface area (Å²) in [6.07, 6.45) is 6.69. The van der Waals surface area contributed by atoms with Crippen LogP contribution in [-0.2, 0) is 6.42 Å². The Balaban J connectivity index is 1.41. The smallest absolute Gasteiger partial charge is 0.315 e. The molecule has 2 heterocycles. The zero-order valence-corrected chi connectivity index (χ0v) is 18.9. The number of amides is 2. The molecule has 1 aromatic heterocycles. The number of ether oxygens (including phenoxy) is 1. The van der Waals surface area contributed by atoms with E-state index < -0.39 is 0 Å². The standard InChI is InChI=1S/C24H35N5O2/c1-28(2)22(21-6-4-5-7-23(21)31-3)18-26-24(30)27-20-11-16-29(17-12-20)15-10-19-8-13-25-14-9-19/h4-9,13-14,20,22H,10-12,15-18H2,1-3H3,(H2,26,27,30). The molecule has 2 amide bonds. The number of hydrogen-bond donors (Lipinski definition) is 2. The van der Waals surface area contributed by atoms with Crippen LogP contribution >= 0.6 is 0 Å². The van der Waals surface area contributed by atoms with Crippen LogP contribution in [0.15, 0.2) is 48.8 Å². The molecule has 1 fully saturated rings. The summed E-state index contributed by atoms with van der Waals surface area (Å²) < 4.78 is 5.50. The number of rotatable bonds is 9. The van der Waals surface area contributed by atoms with Crippen LogP contribution in [0, 0.1) is 0 Å². The van der Waals surface area contributed by atoms with Crippen molar-refractivity contribution in [3.8, 4) is 5.75 Å². The Bertz CT molecular complexity index is 807. The number of pyridine rings is 1. The number of likely N-dealkylation sites (tertiary alicyclic amines) is 1. The van der Waals surface area contributed by atoms with Crippen LogP contribution in [0.2, 0.25) is 0 Å². The largest absolute Gasteiger partial charge is 0.496 e. The lowest BCUT2D eigenvalue weighted by molar-refractivity contribution is 0.192. The van der Waals surface area contributed by atoms with E-state index in [-0.39, 0.29) is 18.1 Å². The number of carbonyl (C=O) groups is 1. The van der Waals surface area contributed by atoms with Gasteiger partial charge in [0.2, 0.25) is 0 Å². The average Bonchev–Trinajstić information content (AvgIpc) is 2.79. The number of methoxy groups -OCH3 is 1. The lowest BCUT2D eigenvalue weighted by Crippen LogP contribution is -2.49. The monoisotopic (exact) mass is 425 g/mol. The highest BCUT2D eigenvalue weighted by Crippen LogP contribution is 2.27. The number of hydrogen-bond acceptors (Lipinski definition) is 5. The molecule has 1 unspecified atom stereocenters. The van der Waals surface area contributed by atoms with Gasteiger partial charge in [0, 0.05) is 50.2 Å².